The molecule has 0 radical (unpaired) electrons. The van der Waals surface area contributed by atoms with Crippen molar-refractivity contribution in [3.63, 3.8) is 0 Å². The largest absolute Gasteiger partial charge is 0.351 e. The molecule has 10 heteroatoms. The Balaban J connectivity index is 1.25. The molecular formula is C28H39N5O3S2. The van der Waals surface area contributed by atoms with Gasteiger partial charge in [0.05, 0.1) is 15.1 Å². The molecule has 0 unspecified atom stereocenters. The van der Waals surface area contributed by atoms with Crippen LogP contribution in [-0.4, -0.2) is 80.9 Å². The molecule has 206 valence electrons. The lowest BCUT2D eigenvalue weighted by atomic mass is 10.2. The molecule has 0 atom stereocenters. The van der Waals surface area contributed by atoms with Gasteiger partial charge in [-0.15, -0.1) is 0 Å². The molecule has 1 saturated heterocycles. The van der Waals surface area contributed by atoms with Crippen LogP contribution >= 0.6 is 11.3 Å². The van der Waals surface area contributed by atoms with Crippen molar-refractivity contribution in [1.29, 1.82) is 0 Å². The van der Waals surface area contributed by atoms with Crippen LogP contribution in [0.2, 0.25) is 0 Å². The first-order chi connectivity index (χ1) is 18.1. The predicted octanol–water partition coefficient (Wildman–Crippen LogP) is 4.15. The first-order valence-electron chi connectivity index (χ1n) is 13.3. The van der Waals surface area contributed by atoms with Crippen molar-refractivity contribution in [2.24, 2.45) is 11.8 Å². The molecule has 4 rings (SSSR count). The maximum absolute atomic E-state index is 13.2. The molecule has 0 saturated carbocycles. The molecule has 0 spiro atoms. The van der Waals surface area contributed by atoms with Crippen LogP contribution in [-0.2, 0) is 10.0 Å². The van der Waals surface area contributed by atoms with Gasteiger partial charge in [-0.1, -0.05) is 51.2 Å². The average molecular weight is 558 g/mol. The van der Waals surface area contributed by atoms with Gasteiger partial charge in [-0.25, -0.2) is 13.4 Å². The van der Waals surface area contributed by atoms with Gasteiger partial charge in [0.1, 0.15) is 0 Å². The minimum atomic E-state index is -3.61. The normalized spacial score (nSPS) is 15.2. The van der Waals surface area contributed by atoms with Gasteiger partial charge in [0, 0.05) is 57.9 Å². The number of amides is 1. The molecule has 2 aromatic carbocycles. The highest BCUT2D eigenvalue weighted by Gasteiger charge is 2.26. The molecule has 8 nitrogen and oxygen atoms in total. The van der Waals surface area contributed by atoms with Gasteiger partial charge < -0.3 is 10.2 Å². The van der Waals surface area contributed by atoms with Crippen LogP contribution in [0, 0.1) is 11.8 Å². The van der Waals surface area contributed by atoms with E-state index in [1.165, 1.54) is 4.70 Å². The van der Waals surface area contributed by atoms with E-state index in [9.17, 15) is 13.2 Å². The zero-order valence-electron chi connectivity index (χ0n) is 22.8. The van der Waals surface area contributed by atoms with Crippen molar-refractivity contribution >= 4 is 42.6 Å². The highest BCUT2D eigenvalue weighted by Crippen LogP contribution is 2.29. The number of fused-ring (bicyclic) bond motifs is 1. The summed E-state index contributed by atoms with van der Waals surface area (Å²) in [4.78, 5) is 22.4. The number of aromatic nitrogens is 1. The van der Waals surface area contributed by atoms with E-state index in [4.69, 9.17) is 4.98 Å². The number of carbonyl (C=O) groups excluding carboxylic acids is 1. The molecule has 2 heterocycles. The standard InChI is InChI=1S/C28H39N5O3S2/c1-21(2)19-33(20-22(3)4)38(35,36)24-11-9-23(10-12-24)27(34)29-13-14-31-15-17-32(18-16-31)28-30-25-7-5-6-8-26(25)37-28/h5-12,21-22H,13-20H2,1-4H3,(H,29,34). The van der Waals surface area contributed by atoms with E-state index in [-0.39, 0.29) is 22.6 Å². The molecule has 1 aromatic heterocycles. The molecule has 38 heavy (non-hydrogen) atoms. The minimum Gasteiger partial charge on any atom is -0.351 e. The summed E-state index contributed by atoms with van der Waals surface area (Å²) in [5, 5.41) is 4.05. The number of nitrogens with zero attached hydrogens (tertiary/aromatic N) is 4. The Labute approximate surface area is 230 Å². The van der Waals surface area contributed by atoms with E-state index in [2.05, 4.69) is 27.2 Å². The third-order valence-corrected chi connectivity index (χ3v) is 9.47. The van der Waals surface area contributed by atoms with Gasteiger partial charge in [0.15, 0.2) is 5.13 Å². The Morgan fingerprint density at radius 2 is 1.61 bits per heavy atom. The zero-order chi connectivity index (χ0) is 27.3. The van der Waals surface area contributed by atoms with Crippen molar-refractivity contribution in [2.45, 2.75) is 32.6 Å². The summed E-state index contributed by atoms with van der Waals surface area (Å²) in [6.45, 7) is 14.0. The number of hydrogen-bond acceptors (Lipinski definition) is 7. The Hall–Kier alpha value is -2.53. The van der Waals surface area contributed by atoms with Crippen molar-refractivity contribution in [2.75, 3.05) is 57.3 Å². The van der Waals surface area contributed by atoms with Crippen LogP contribution in [0.15, 0.2) is 53.4 Å². The van der Waals surface area contributed by atoms with Crippen molar-refractivity contribution in [3.05, 3.63) is 54.1 Å². The SMILES string of the molecule is CC(C)CN(CC(C)C)S(=O)(=O)c1ccc(C(=O)NCCN2CCN(c3nc4ccccc4s3)CC2)cc1. The number of sulfonamides is 1. The highest BCUT2D eigenvalue weighted by atomic mass is 32.2. The summed E-state index contributed by atoms with van der Waals surface area (Å²) < 4.78 is 29.2. The van der Waals surface area contributed by atoms with Gasteiger partial charge in [-0.05, 0) is 48.2 Å². The number of piperazine rings is 1. The van der Waals surface area contributed by atoms with E-state index < -0.39 is 10.0 Å². The predicted molar refractivity (Wildman–Crippen MR) is 155 cm³/mol. The molecule has 1 aliphatic heterocycles. The van der Waals surface area contributed by atoms with Gasteiger partial charge in [-0.2, -0.15) is 4.31 Å². The monoisotopic (exact) mass is 557 g/mol. The second-order valence-electron chi connectivity index (χ2n) is 10.7. The number of rotatable bonds is 11. The third kappa shape index (κ3) is 7.11. The summed E-state index contributed by atoms with van der Waals surface area (Å²) in [6.07, 6.45) is 0. The average Bonchev–Trinajstić information content (AvgIpc) is 3.32. The Morgan fingerprint density at radius 1 is 0.974 bits per heavy atom. The smallest absolute Gasteiger partial charge is 0.251 e. The van der Waals surface area contributed by atoms with E-state index in [0.717, 1.165) is 43.4 Å². The molecule has 0 bridgehead atoms. The number of anilines is 1. The lowest BCUT2D eigenvalue weighted by molar-refractivity contribution is 0.0947. The summed E-state index contributed by atoms with van der Waals surface area (Å²) in [6, 6.07) is 14.5. The molecule has 3 aromatic rings. The Bertz CT molecular complexity index is 1270. The topological polar surface area (TPSA) is 85.8 Å². The summed E-state index contributed by atoms with van der Waals surface area (Å²) >= 11 is 1.73. The van der Waals surface area contributed by atoms with E-state index >= 15 is 0 Å². The van der Waals surface area contributed by atoms with Gasteiger partial charge >= 0.3 is 0 Å². The maximum Gasteiger partial charge on any atom is 0.251 e. The molecule has 1 aliphatic rings. The van der Waals surface area contributed by atoms with E-state index in [1.54, 1.807) is 39.9 Å². The number of nitrogens with one attached hydrogen (secondary N) is 1. The van der Waals surface area contributed by atoms with Crippen LogP contribution < -0.4 is 10.2 Å². The molecule has 1 fully saturated rings. The lowest BCUT2D eigenvalue weighted by Crippen LogP contribution is -2.48. The fourth-order valence-electron chi connectivity index (χ4n) is 4.60. The first kappa shape index (κ1) is 28.5. The lowest BCUT2D eigenvalue weighted by Gasteiger charge is -2.34. The van der Waals surface area contributed by atoms with Crippen LogP contribution in [0.5, 0.6) is 0 Å². The quantitative estimate of drug-likeness (QED) is 0.381. The number of benzene rings is 2. The zero-order valence-corrected chi connectivity index (χ0v) is 24.4. The number of para-hydroxylation sites is 1. The van der Waals surface area contributed by atoms with E-state index in [1.807, 2.05) is 39.8 Å². The number of thiazole rings is 1. The fraction of sp³-hybridized carbons (Fsp3) is 0.500. The van der Waals surface area contributed by atoms with Crippen molar-refractivity contribution < 1.29 is 13.2 Å². The fourth-order valence-corrected chi connectivity index (χ4v) is 7.38. The van der Waals surface area contributed by atoms with Crippen molar-refractivity contribution in [1.82, 2.24) is 19.5 Å². The molecular weight excluding hydrogens is 518 g/mol. The van der Waals surface area contributed by atoms with Crippen LogP contribution in [0.4, 0.5) is 5.13 Å². The van der Waals surface area contributed by atoms with Gasteiger partial charge in [0.25, 0.3) is 5.91 Å². The van der Waals surface area contributed by atoms with Crippen LogP contribution in [0.25, 0.3) is 10.2 Å². The molecule has 0 aliphatic carbocycles. The van der Waals surface area contributed by atoms with Crippen LogP contribution in [0.3, 0.4) is 0 Å². The number of hydrogen-bond donors (Lipinski definition) is 1. The second kappa shape index (κ2) is 12.5. The third-order valence-electron chi connectivity index (χ3n) is 6.53. The van der Waals surface area contributed by atoms with Gasteiger partial charge in [0.2, 0.25) is 10.0 Å². The summed E-state index contributed by atoms with van der Waals surface area (Å²) in [5.41, 5.74) is 1.51. The summed E-state index contributed by atoms with van der Waals surface area (Å²) in [5.74, 6) is 0.261. The van der Waals surface area contributed by atoms with Gasteiger partial charge in [-0.3, -0.25) is 9.69 Å². The summed E-state index contributed by atoms with van der Waals surface area (Å²) in [7, 11) is -3.61. The van der Waals surface area contributed by atoms with E-state index in [0.29, 0.717) is 25.2 Å². The maximum atomic E-state index is 13.2. The Morgan fingerprint density at radius 3 is 2.21 bits per heavy atom. The minimum absolute atomic E-state index is 0.191. The van der Waals surface area contributed by atoms with Crippen LogP contribution in [0.1, 0.15) is 38.1 Å². The molecule has 1 amide bonds. The second-order valence-corrected chi connectivity index (χ2v) is 13.6. The first-order valence-corrected chi connectivity index (χ1v) is 15.6. The Kier molecular flexibility index (Phi) is 9.40. The molecule has 1 N–H and O–H groups in total. The highest BCUT2D eigenvalue weighted by molar-refractivity contribution is 7.89. The van der Waals surface area contributed by atoms with Crippen molar-refractivity contribution in [3.8, 4) is 0 Å². The number of carbonyl (C=O) groups is 1.